The van der Waals surface area contributed by atoms with Gasteiger partial charge in [-0.15, -0.1) is 0 Å². The smallest absolute Gasteiger partial charge is 0.123 e. The molecular weight excluding hydrogens is 298 g/mol. The quantitative estimate of drug-likeness (QED) is 0.939. The van der Waals surface area contributed by atoms with Crippen LogP contribution in [-0.2, 0) is 0 Å². The summed E-state index contributed by atoms with van der Waals surface area (Å²) in [6, 6.07) is 12.5. The number of anilines is 1. The van der Waals surface area contributed by atoms with Gasteiger partial charge in [-0.05, 0) is 42.0 Å². The van der Waals surface area contributed by atoms with E-state index in [1.165, 1.54) is 24.3 Å². The molecule has 2 aromatic rings. The second kappa shape index (κ2) is 7.06. The Morgan fingerprint density at radius 1 is 0.826 bits per heavy atom. The monoisotopic (exact) mass is 318 g/mol. The number of nitrogens with zero attached hydrogens (tertiary/aromatic N) is 2. The van der Waals surface area contributed by atoms with Crippen LogP contribution < -0.4 is 4.90 Å². The molecule has 0 amide bonds. The van der Waals surface area contributed by atoms with Crippen molar-refractivity contribution in [1.82, 2.24) is 4.90 Å². The summed E-state index contributed by atoms with van der Waals surface area (Å²) in [5, 5.41) is 10.3. The minimum atomic E-state index is -0.618. The van der Waals surface area contributed by atoms with Gasteiger partial charge in [0.15, 0.2) is 0 Å². The summed E-state index contributed by atoms with van der Waals surface area (Å²) in [6.45, 7) is 3.86. The largest absolute Gasteiger partial charge is 0.387 e. The van der Waals surface area contributed by atoms with Crippen molar-refractivity contribution in [2.75, 3.05) is 37.6 Å². The molecule has 1 saturated heterocycles. The van der Waals surface area contributed by atoms with Crippen molar-refractivity contribution in [2.45, 2.75) is 6.10 Å². The third-order valence-corrected chi connectivity index (χ3v) is 4.25. The van der Waals surface area contributed by atoms with Gasteiger partial charge in [0.1, 0.15) is 11.6 Å². The van der Waals surface area contributed by atoms with Crippen LogP contribution in [0.15, 0.2) is 48.5 Å². The molecule has 1 atom stereocenters. The van der Waals surface area contributed by atoms with Crippen LogP contribution in [0, 0.1) is 11.6 Å². The van der Waals surface area contributed by atoms with Crippen molar-refractivity contribution < 1.29 is 13.9 Å². The Bertz CT molecular complexity index is 622. The molecule has 1 aliphatic rings. The van der Waals surface area contributed by atoms with Crippen molar-refractivity contribution in [3.05, 3.63) is 65.7 Å². The lowest BCUT2D eigenvalue weighted by molar-refractivity contribution is 0.109. The fourth-order valence-electron chi connectivity index (χ4n) is 2.88. The Morgan fingerprint density at radius 2 is 1.35 bits per heavy atom. The molecule has 23 heavy (non-hydrogen) atoms. The second-order valence-electron chi connectivity index (χ2n) is 5.83. The third-order valence-electron chi connectivity index (χ3n) is 4.25. The van der Waals surface area contributed by atoms with Gasteiger partial charge in [-0.2, -0.15) is 0 Å². The zero-order valence-corrected chi connectivity index (χ0v) is 12.8. The van der Waals surface area contributed by atoms with E-state index in [9.17, 15) is 13.9 Å². The topological polar surface area (TPSA) is 26.7 Å². The maximum Gasteiger partial charge on any atom is 0.123 e. The van der Waals surface area contributed by atoms with Gasteiger partial charge < -0.3 is 10.0 Å². The molecule has 1 unspecified atom stereocenters. The number of aliphatic hydroxyl groups is 1. The van der Waals surface area contributed by atoms with Gasteiger partial charge in [-0.1, -0.05) is 12.1 Å². The summed E-state index contributed by atoms with van der Waals surface area (Å²) < 4.78 is 25.9. The number of hydrogen-bond acceptors (Lipinski definition) is 3. The normalized spacial score (nSPS) is 17.3. The summed E-state index contributed by atoms with van der Waals surface area (Å²) in [5.74, 6) is -0.524. The van der Waals surface area contributed by atoms with Crippen LogP contribution in [0.5, 0.6) is 0 Å². The van der Waals surface area contributed by atoms with Crippen LogP contribution >= 0.6 is 0 Å². The van der Waals surface area contributed by atoms with E-state index in [2.05, 4.69) is 9.80 Å². The summed E-state index contributed by atoms with van der Waals surface area (Å²) in [5.41, 5.74) is 1.75. The summed E-state index contributed by atoms with van der Waals surface area (Å²) >= 11 is 0. The maximum absolute atomic E-state index is 13.0. The predicted octanol–water partition coefficient (Wildman–Crippen LogP) is 2.82. The number of benzene rings is 2. The lowest BCUT2D eigenvalue weighted by Crippen LogP contribution is -2.47. The van der Waals surface area contributed by atoms with Crippen LogP contribution in [-0.4, -0.2) is 42.7 Å². The lowest BCUT2D eigenvalue weighted by Gasteiger charge is -2.37. The number of β-amino-alcohol motifs (C(OH)–C–C–N with tert-alkyl or cyclic N) is 1. The predicted molar refractivity (Wildman–Crippen MR) is 86.4 cm³/mol. The molecule has 1 N–H and O–H groups in total. The zero-order chi connectivity index (χ0) is 16.2. The highest BCUT2D eigenvalue weighted by Gasteiger charge is 2.20. The van der Waals surface area contributed by atoms with Gasteiger partial charge in [0.2, 0.25) is 0 Å². The molecule has 0 aromatic heterocycles. The average Bonchev–Trinajstić information content (AvgIpc) is 2.57. The van der Waals surface area contributed by atoms with Gasteiger partial charge in [0, 0.05) is 38.4 Å². The van der Waals surface area contributed by atoms with Crippen molar-refractivity contribution >= 4 is 5.69 Å². The first kappa shape index (κ1) is 15.9. The van der Waals surface area contributed by atoms with Crippen LogP contribution in [0.1, 0.15) is 11.7 Å². The molecule has 1 fully saturated rings. The van der Waals surface area contributed by atoms with Gasteiger partial charge in [0.05, 0.1) is 6.10 Å². The van der Waals surface area contributed by atoms with Crippen molar-refractivity contribution in [2.24, 2.45) is 0 Å². The van der Waals surface area contributed by atoms with E-state index in [1.54, 1.807) is 24.3 Å². The van der Waals surface area contributed by atoms with E-state index in [0.29, 0.717) is 6.54 Å². The molecule has 3 rings (SSSR count). The van der Waals surface area contributed by atoms with Crippen LogP contribution in [0.25, 0.3) is 0 Å². The van der Waals surface area contributed by atoms with Gasteiger partial charge >= 0.3 is 0 Å². The highest BCUT2D eigenvalue weighted by Crippen LogP contribution is 2.19. The number of rotatable bonds is 4. The molecule has 1 aliphatic heterocycles. The number of piperazine rings is 1. The van der Waals surface area contributed by atoms with E-state index in [1.807, 2.05) is 0 Å². The summed E-state index contributed by atoms with van der Waals surface area (Å²) in [6.07, 6.45) is -0.618. The van der Waals surface area contributed by atoms with Crippen molar-refractivity contribution in [3.63, 3.8) is 0 Å². The minimum absolute atomic E-state index is 0.227. The molecule has 5 heteroatoms. The molecule has 122 valence electrons. The van der Waals surface area contributed by atoms with Gasteiger partial charge in [0.25, 0.3) is 0 Å². The first-order valence-electron chi connectivity index (χ1n) is 7.78. The van der Waals surface area contributed by atoms with Crippen LogP contribution in [0.3, 0.4) is 0 Å². The van der Waals surface area contributed by atoms with Crippen LogP contribution in [0.2, 0.25) is 0 Å². The molecule has 0 aliphatic carbocycles. The van der Waals surface area contributed by atoms with E-state index in [-0.39, 0.29) is 11.6 Å². The highest BCUT2D eigenvalue weighted by molar-refractivity contribution is 5.46. The minimum Gasteiger partial charge on any atom is -0.387 e. The molecule has 2 aromatic carbocycles. The Labute approximate surface area is 134 Å². The SMILES string of the molecule is OC(CN1CCN(c2ccc(F)cc2)CC1)c1ccc(F)cc1. The molecular formula is C18H20F2N2O. The third kappa shape index (κ3) is 4.06. The molecule has 3 nitrogen and oxygen atoms in total. The molecule has 0 bridgehead atoms. The van der Waals surface area contributed by atoms with Crippen LogP contribution in [0.4, 0.5) is 14.5 Å². The van der Waals surface area contributed by atoms with E-state index >= 15 is 0 Å². The Kier molecular flexibility index (Phi) is 4.88. The molecule has 0 saturated carbocycles. The summed E-state index contributed by atoms with van der Waals surface area (Å²) in [7, 11) is 0. The number of halogens is 2. The van der Waals surface area contributed by atoms with Gasteiger partial charge in [-0.25, -0.2) is 8.78 Å². The Hall–Kier alpha value is -1.98. The number of hydrogen-bond donors (Lipinski definition) is 1. The molecule has 0 spiro atoms. The average molecular weight is 318 g/mol. The Morgan fingerprint density at radius 3 is 1.91 bits per heavy atom. The van der Waals surface area contributed by atoms with Gasteiger partial charge in [-0.3, -0.25) is 4.90 Å². The van der Waals surface area contributed by atoms with Crippen molar-refractivity contribution in [3.8, 4) is 0 Å². The van der Waals surface area contributed by atoms with E-state index in [4.69, 9.17) is 0 Å². The number of aliphatic hydroxyl groups excluding tert-OH is 1. The zero-order valence-electron chi connectivity index (χ0n) is 12.8. The summed E-state index contributed by atoms with van der Waals surface area (Å²) in [4.78, 5) is 4.40. The first-order valence-corrected chi connectivity index (χ1v) is 7.78. The van der Waals surface area contributed by atoms with E-state index < -0.39 is 6.10 Å². The fraction of sp³-hybridized carbons (Fsp3) is 0.333. The fourth-order valence-corrected chi connectivity index (χ4v) is 2.88. The molecule has 0 radical (unpaired) electrons. The van der Waals surface area contributed by atoms with Crippen molar-refractivity contribution in [1.29, 1.82) is 0 Å². The lowest BCUT2D eigenvalue weighted by atomic mass is 10.1. The first-order chi connectivity index (χ1) is 11.1. The standard InChI is InChI=1S/C18H20F2N2O/c19-15-3-1-14(2-4-15)18(23)13-21-9-11-22(12-10-21)17-7-5-16(20)6-8-17/h1-8,18,23H,9-13H2. The second-order valence-corrected chi connectivity index (χ2v) is 5.83. The molecule has 1 heterocycles. The highest BCUT2D eigenvalue weighted by atomic mass is 19.1. The van der Waals surface area contributed by atoms with E-state index in [0.717, 1.165) is 37.4 Å². The maximum atomic E-state index is 13.0. The Balaban J connectivity index is 1.52.